The lowest BCUT2D eigenvalue weighted by Crippen LogP contribution is -2.52. The van der Waals surface area contributed by atoms with Gasteiger partial charge in [-0.15, -0.1) is 0 Å². The number of nitrogens with zero attached hydrogens (tertiary/aromatic N) is 5. The van der Waals surface area contributed by atoms with E-state index in [0.29, 0.717) is 11.5 Å². The molecule has 0 unspecified atom stereocenters. The van der Waals surface area contributed by atoms with Gasteiger partial charge in [0.15, 0.2) is 5.78 Å². The fourth-order valence-electron chi connectivity index (χ4n) is 7.30. The summed E-state index contributed by atoms with van der Waals surface area (Å²) in [5.74, 6) is 1.33. The number of hydrogen-bond donors (Lipinski definition) is 1. The van der Waals surface area contributed by atoms with Gasteiger partial charge in [0, 0.05) is 49.4 Å². The highest BCUT2D eigenvalue weighted by Gasteiger charge is 2.44. The number of ketones is 1. The molecule has 0 spiro atoms. The van der Waals surface area contributed by atoms with E-state index in [2.05, 4.69) is 44.9 Å². The zero-order valence-electron chi connectivity index (χ0n) is 25.4. The van der Waals surface area contributed by atoms with E-state index >= 15 is 0 Å². The first-order chi connectivity index (χ1) is 20.7. The number of rotatable bonds is 7. The van der Waals surface area contributed by atoms with Gasteiger partial charge in [0.2, 0.25) is 0 Å². The fraction of sp³-hybridized carbons (Fsp3) is 0.371. The molecule has 8 heteroatoms. The van der Waals surface area contributed by atoms with Crippen LogP contribution in [0.15, 0.2) is 54.9 Å². The maximum atomic E-state index is 13.9. The summed E-state index contributed by atoms with van der Waals surface area (Å²) >= 11 is 0. The molecule has 3 heterocycles. The molecule has 0 aliphatic heterocycles. The Morgan fingerprint density at radius 2 is 1.77 bits per heavy atom. The van der Waals surface area contributed by atoms with Crippen LogP contribution in [0.4, 0.5) is 0 Å². The highest BCUT2D eigenvalue weighted by molar-refractivity contribution is 6.01. The zero-order chi connectivity index (χ0) is 29.9. The van der Waals surface area contributed by atoms with Gasteiger partial charge >= 0.3 is 0 Å². The van der Waals surface area contributed by atoms with Crippen LogP contribution in [0, 0.1) is 0 Å². The number of hydrogen-bond acceptors (Lipinski definition) is 4. The molecule has 2 aromatic carbocycles. The molecule has 3 aromatic heterocycles. The highest BCUT2D eigenvalue weighted by atomic mass is 16.2. The Morgan fingerprint density at radius 3 is 2.44 bits per heavy atom. The number of allylic oxidation sites excluding steroid dienone is 1. The molecular formula is C35H38N6O2. The van der Waals surface area contributed by atoms with Crippen LogP contribution in [0.25, 0.3) is 39.3 Å². The third kappa shape index (κ3) is 4.60. The predicted molar refractivity (Wildman–Crippen MR) is 170 cm³/mol. The van der Waals surface area contributed by atoms with Gasteiger partial charge in [0.05, 0.1) is 28.5 Å². The van der Waals surface area contributed by atoms with Gasteiger partial charge in [-0.25, -0.2) is 4.98 Å². The maximum absolute atomic E-state index is 13.9. The molecule has 0 atom stereocenters. The first-order valence-electron chi connectivity index (χ1n) is 15.3. The van der Waals surface area contributed by atoms with E-state index < -0.39 is 5.54 Å². The first-order valence-corrected chi connectivity index (χ1v) is 15.3. The molecule has 43 heavy (non-hydrogen) atoms. The molecule has 0 saturated heterocycles. The lowest BCUT2D eigenvalue weighted by molar-refractivity contribution is -0.112. The number of benzene rings is 2. The summed E-state index contributed by atoms with van der Waals surface area (Å²) in [5, 5.41) is 9.10. The van der Waals surface area contributed by atoms with Crippen molar-refractivity contribution in [2.45, 2.75) is 63.3 Å². The van der Waals surface area contributed by atoms with Crippen molar-refractivity contribution in [3.05, 3.63) is 77.4 Å². The van der Waals surface area contributed by atoms with Crippen molar-refractivity contribution in [1.82, 2.24) is 29.2 Å². The van der Waals surface area contributed by atoms with Gasteiger partial charge in [-0.2, -0.15) is 5.10 Å². The summed E-state index contributed by atoms with van der Waals surface area (Å²) < 4.78 is 6.20. The molecular weight excluding hydrogens is 536 g/mol. The second-order valence-electron chi connectivity index (χ2n) is 12.5. The summed E-state index contributed by atoms with van der Waals surface area (Å²) in [7, 11) is 6.07. The number of carbonyl (C=O) groups is 2. The number of aryl methyl sites for hydroxylation is 3. The maximum Gasteiger partial charge on any atom is 0.252 e. The van der Waals surface area contributed by atoms with E-state index in [9.17, 15) is 9.59 Å². The second kappa shape index (κ2) is 10.4. The Hall–Kier alpha value is -4.46. The minimum atomic E-state index is -0.515. The molecule has 0 bridgehead atoms. The second-order valence-corrected chi connectivity index (χ2v) is 12.5. The van der Waals surface area contributed by atoms with E-state index in [1.807, 2.05) is 55.3 Å². The van der Waals surface area contributed by atoms with Crippen molar-refractivity contribution in [1.29, 1.82) is 0 Å². The van der Waals surface area contributed by atoms with Crippen LogP contribution in [-0.4, -0.2) is 35.6 Å². The molecule has 0 radical (unpaired) electrons. The lowest BCUT2D eigenvalue weighted by Gasteiger charge is -2.41. The number of fused-ring (bicyclic) bond motifs is 2. The number of imidazole rings is 1. The van der Waals surface area contributed by atoms with Crippen molar-refractivity contribution in [2.24, 2.45) is 21.1 Å². The normalized spacial score (nSPS) is 16.8. The smallest absolute Gasteiger partial charge is 0.252 e. The molecule has 220 valence electrons. The van der Waals surface area contributed by atoms with Gasteiger partial charge in [-0.3, -0.25) is 14.3 Å². The third-order valence-corrected chi connectivity index (χ3v) is 9.65. The van der Waals surface area contributed by atoms with Gasteiger partial charge in [0.1, 0.15) is 5.82 Å². The van der Waals surface area contributed by atoms with E-state index in [1.165, 1.54) is 42.3 Å². The van der Waals surface area contributed by atoms with Crippen molar-refractivity contribution < 1.29 is 9.59 Å². The van der Waals surface area contributed by atoms with E-state index in [4.69, 9.17) is 4.98 Å². The molecule has 2 fully saturated rings. The molecule has 2 aliphatic rings. The summed E-state index contributed by atoms with van der Waals surface area (Å²) in [5.41, 5.74) is 7.74. The van der Waals surface area contributed by atoms with E-state index in [1.54, 1.807) is 13.0 Å². The number of carbonyl (C=O) groups excluding carboxylic acids is 2. The van der Waals surface area contributed by atoms with Gasteiger partial charge in [-0.05, 0) is 86.4 Å². The number of aromatic nitrogens is 5. The van der Waals surface area contributed by atoms with Gasteiger partial charge in [0.25, 0.3) is 5.91 Å². The standard InChI is InChI=1S/C35H38N6O2/c1-22(42)10-11-23-12-15-28-30(18-23)41(4)34(37-28)35(16-7-17-35)38-33(43)25-13-14-27-29(19-25)40(3)32(26-20-36-39(2)21-26)31(27)24-8-5-6-9-24/h10-15,18-21,24H,5-9,16-17H2,1-4H3,(H,38,43)/b11-10+. The summed E-state index contributed by atoms with van der Waals surface area (Å²) in [4.78, 5) is 30.3. The van der Waals surface area contributed by atoms with Crippen LogP contribution in [0.2, 0.25) is 0 Å². The van der Waals surface area contributed by atoms with Gasteiger partial charge < -0.3 is 14.5 Å². The quantitative estimate of drug-likeness (QED) is 0.224. The number of amides is 1. The minimum absolute atomic E-state index is 0.0125. The van der Waals surface area contributed by atoms with Crippen LogP contribution >= 0.6 is 0 Å². The first kappa shape index (κ1) is 27.4. The largest absolute Gasteiger partial charge is 0.343 e. The van der Waals surface area contributed by atoms with Crippen molar-refractivity contribution in [3.8, 4) is 11.3 Å². The molecule has 1 N–H and O–H groups in total. The molecule has 1 amide bonds. The zero-order valence-corrected chi connectivity index (χ0v) is 25.4. The minimum Gasteiger partial charge on any atom is -0.343 e. The Bertz CT molecular complexity index is 1930. The summed E-state index contributed by atoms with van der Waals surface area (Å²) in [6, 6.07) is 12.2. The van der Waals surface area contributed by atoms with Crippen LogP contribution in [0.5, 0.6) is 0 Å². The summed E-state index contributed by atoms with van der Waals surface area (Å²) in [6.07, 6.45) is 15.1. The van der Waals surface area contributed by atoms with E-state index in [-0.39, 0.29) is 11.7 Å². The molecule has 8 nitrogen and oxygen atoms in total. The third-order valence-electron chi connectivity index (χ3n) is 9.65. The van der Waals surface area contributed by atoms with E-state index in [0.717, 1.165) is 52.8 Å². The van der Waals surface area contributed by atoms with Crippen LogP contribution in [0.3, 0.4) is 0 Å². The van der Waals surface area contributed by atoms with Crippen LogP contribution in [0.1, 0.15) is 85.1 Å². The predicted octanol–water partition coefficient (Wildman–Crippen LogP) is 6.53. The molecule has 7 rings (SSSR count). The average molecular weight is 575 g/mol. The number of nitrogens with one attached hydrogen (secondary N) is 1. The topological polar surface area (TPSA) is 86.7 Å². The fourth-order valence-corrected chi connectivity index (χ4v) is 7.30. The van der Waals surface area contributed by atoms with Crippen molar-refractivity contribution >= 4 is 39.7 Å². The molecule has 2 saturated carbocycles. The highest BCUT2D eigenvalue weighted by Crippen LogP contribution is 2.45. The summed E-state index contributed by atoms with van der Waals surface area (Å²) in [6.45, 7) is 1.55. The van der Waals surface area contributed by atoms with Crippen LogP contribution in [-0.2, 0) is 31.5 Å². The Balaban J connectivity index is 1.24. The average Bonchev–Trinajstić information content (AvgIpc) is 3.76. The Morgan fingerprint density at radius 1 is 0.977 bits per heavy atom. The Labute approximate surface area is 251 Å². The molecule has 2 aliphatic carbocycles. The van der Waals surface area contributed by atoms with Crippen molar-refractivity contribution in [3.63, 3.8) is 0 Å². The monoisotopic (exact) mass is 574 g/mol. The lowest BCUT2D eigenvalue weighted by atomic mass is 9.75. The SMILES string of the molecule is CC(=O)/C=C/c1ccc2nc(C3(NC(=O)c4ccc5c(C6CCCC6)c(-c6cnn(C)c6)n(C)c5c4)CCC3)n(C)c2c1. The van der Waals surface area contributed by atoms with Gasteiger partial charge in [-0.1, -0.05) is 31.1 Å². The Kier molecular flexibility index (Phi) is 6.60. The molecule has 5 aromatic rings. The van der Waals surface area contributed by atoms with Crippen molar-refractivity contribution in [2.75, 3.05) is 0 Å². The van der Waals surface area contributed by atoms with Crippen LogP contribution < -0.4 is 5.32 Å².